The number of nitrogens with zero attached hydrogens (tertiary/aromatic N) is 2. The highest BCUT2D eigenvalue weighted by Gasteiger charge is 2.31. The Morgan fingerprint density at radius 1 is 1.07 bits per heavy atom. The van der Waals surface area contributed by atoms with Crippen molar-refractivity contribution in [2.45, 2.75) is 58.0 Å². The van der Waals surface area contributed by atoms with Gasteiger partial charge in [-0.2, -0.15) is 0 Å². The van der Waals surface area contributed by atoms with Gasteiger partial charge in [-0.3, -0.25) is 19.3 Å². The van der Waals surface area contributed by atoms with E-state index in [4.69, 9.17) is 5.73 Å². The van der Waals surface area contributed by atoms with E-state index in [-0.39, 0.29) is 29.7 Å². The normalized spacial score (nSPS) is 22.9. The topological polar surface area (TPSA) is 95.7 Å². The molecule has 7 nitrogen and oxygen atoms in total. The van der Waals surface area contributed by atoms with Gasteiger partial charge in [-0.05, 0) is 56.3 Å². The summed E-state index contributed by atoms with van der Waals surface area (Å²) in [6.07, 6.45) is 4.91. The molecule has 3 amide bonds. The van der Waals surface area contributed by atoms with E-state index >= 15 is 0 Å². The molecule has 3 N–H and O–H groups in total. The van der Waals surface area contributed by atoms with Gasteiger partial charge in [-0.1, -0.05) is 19.1 Å². The Morgan fingerprint density at radius 3 is 2.52 bits per heavy atom. The molecule has 1 aromatic carbocycles. The van der Waals surface area contributed by atoms with Crippen LogP contribution in [0.15, 0.2) is 24.3 Å². The van der Waals surface area contributed by atoms with Crippen LogP contribution < -0.4 is 11.1 Å². The van der Waals surface area contributed by atoms with Crippen LogP contribution in [0.4, 0.5) is 5.69 Å². The summed E-state index contributed by atoms with van der Waals surface area (Å²) in [4.78, 5) is 40.3. The first-order valence-electron chi connectivity index (χ1n) is 10.7. The standard InChI is InChI=1S/C22H32N4O3/c1-2-20(27)26-13-4-3-7-19(26)22(29)24-18-10-8-16(9-11-18)14-25-12-5-6-17(15-25)21(23)28/h8-11,17,19H,2-7,12-15H2,1H3,(H2,23,28)(H,24,29). The molecule has 7 heteroatoms. The Bertz CT molecular complexity index is 734. The Hall–Kier alpha value is -2.41. The third-order valence-electron chi connectivity index (χ3n) is 5.96. The van der Waals surface area contributed by atoms with E-state index in [0.717, 1.165) is 50.0 Å². The van der Waals surface area contributed by atoms with Gasteiger partial charge in [0.1, 0.15) is 6.04 Å². The van der Waals surface area contributed by atoms with Crippen LogP contribution in [0.2, 0.25) is 0 Å². The molecule has 29 heavy (non-hydrogen) atoms. The summed E-state index contributed by atoms with van der Waals surface area (Å²) in [5, 5.41) is 2.97. The van der Waals surface area contributed by atoms with Gasteiger partial charge in [-0.25, -0.2) is 0 Å². The highest BCUT2D eigenvalue weighted by Crippen LogP contribution is 2.21. The monoisotopic (exact) mass is 400 g/mol. The molecule has 0 aliphatic carbocycles. The number of amides is 3. The van der Waals surface area contributed by atoms with E-state index in [9.17, 15) is 14.4 Å². The van der Waals surface area contributed by atoms with Crippen molar-refractivity contribution in [2.24, 2.45) is 11.7 Å². The SMILES string of the molecule is CCC(=O)N1CCCCC1C(=O)Nc1ccc(CN2CCCC(C(N)=O)C2)cc1. The Balaban J connectivity index is 1.56. The van der Waals surface area contributed by atoms with Gasteiger partial charge in [0.05, 0.1) is 5.92 Å². The van der Waals surface area contributed by atoms with Crippen molar-refractivity contribution >= 4 is 23.4 Å². The van der Waals surface area contributed by atoms with Crippen LogP contribution in [0.1, 0.15) is 51.0 Å². The number of anilines is 1. The van der Waals surface area contributed by atoms with E-state index in [2.05, 4.69) is 10.2 Å². The van der Waals surface area contributed by atoms with Crippen LogP contribution >= 0.6 is 0 Å². The molecular formula is C22H32N4O3. The summed E-state index contributed by atoms with van der Waals surface area (Å²) < 4.78 is 0. The number of primary amides is 1. The average molecular weight is 401 g/mol. The Morgan fingerprint density at radius 2 is 1.83 bits per heavy atom. The predicted molar refractivity (Wildman–Crippen MR) is 112 cm³/mol. The largest absolute Gasteiger partial charge is 0.369 e. The van der Waals surface area contributed by atoms with Gasteiger partial charge in [0.15, 0.2) is 0 Å². The Kier molecular flexibility index (Phi) is 7.25. The lowest BCUT2D eigenvalue weighted by Crippen LogP contribution is -2.49. The number of hydrogen-bond donors (Lipinski definition) is 2. The summed E-state index contributed by atoms with van der Waals surface area (Å²) in [7, 11) is 0. The van der Waals surface area contributed by atoms with Crippen molar-refractivity contribution in [1.29, 1.82) is 0 Å². The fourth-order valence-corrected chi connectivity index (χ4v) is 4.31. The molecule has 2 aliphatic heterocycles. The minimum Gasteiger partial charge on any atom is -0.369 e. The number of benzene rings is 1. The van der Waals surface area contributed by atoms with E-state index in [1.54, 1.807) is 4.90 Å². The molecule has 0 radical (unpaired) electrons. The molecule has 2 heterocycles. The summed E-state index contributed by atoms with van der Waals surface area (Å²) in [5.74, 6) is -0.353. The van der Waals surface area contributed by atoms with Crippen molar-refractivity contribution in [3.8, 4) is 0 Å². The molecule has 2 atom stereocenters. The van der Waals surface area contributed by atoms with Crippen LogP contribution in [0.3, 0.4) is 0 Å². The first-order valence-corrected chi connectivity index (χ1v) is 10.7. The molecule has 2 fully saturated rings. The number of carbonyl (C=O) groups excluding carboxylic acids is 3. The highest BCUT2D eigenvalue weighted by atomic mass is 16.2. The van der Waals surface area contributed by atoms with Crippen molar-refractivity contribution in [3.63, 3.8) is 0 Å². The van der Waals surface area contributed by atoms with Crippen molar-refractivity contribution in [2.75, 3.05) is 25.0 Å². The lowest BCUT2D eigenvalue weighted by molar-refractivity contribution is -0.140. The molecule has 2 saturated heterocycles. The quantitative estimate of drug-likeness (QED) is 0.764. The fraction of sp³-hybridized carbons (Fsp3) is 0.591. The van der Waals surface area contributed by atoms with Crippen molar-refractivity contribution < 1.29 is 14.4 Å². The van der Waals surface area contributed by atoms with Gasteiger partial charge in [-0.15, -0.1) is 0 Å². The van der Waals surface area contributed by atoms with Crippen LogP contribution in [0, 0.1) is 5.92 Å². The van der Waals surface area contributed by atoms with Crippen LogP contribution in [-0.2, 0) is 20.9 Å². The minimum absolute atomic E-state index is 0.0380. The molecular weight excluding hydrogens is 368 g/mol. The molecule has 0 bridgehead atoms. The van der Waals surface area contributed by atoms with E-state index in [1.165, 1.54) is 0 Å². The molecule has 3 rings (SSSR count). The second kappa shape index (κ2) is 9.87. The maximum Gasteiger partial charge on any atom is 0.247 e. The second-order valence-electron chi connectivity index (χ2n) is 8.12. The number of nitrogens with two attached hydrogens (primary N) is 1. The highest BCUT2D eigenvalue weighted by molar-refractivity contribution is 5.97. The number of carbonyl (C=O) groups is 3. The lowest BCUT2D eigenvalue weighted by Gasteiger charge is -2.34. The molecule has 1 aromatic rings. The summed E-state index contributed by atoms with van der Waals surface area (Å²) in [6, 6.07) is 7.42. The van der Waals surface area contributed by atoms with E-state index in [0.29, 0.717) is 25.9 Å². The van der Waals surface area contributed by atoms with Crippen molar-refractivity contribution in [3.05, 3.63) is 29.8 Å². The van der Waals surface area contributed by atoms with E-state index in [1.807, 2.05) is 31.2 Å². The number of likely N-dealkylation sites (tertiary alicyclic amines) is 2. The van der Waals surface area contributed by atoms with Gasteiger partial charge in [0, 0.05) is 31.7 Å². The first kappa shape index (κ1) is 21.3. The maximum absolute atomic E-state index is 12.7. The molecule has 2 unspecified atom stereocenters. The number of rotatable bonds is 6. The zero-order valence-electron chi connectivity index (χ0n) is 17.2. The number of hydrogen-bond acceptors (Lipinski definition) is 4. The van der Waals surface area contributed by atoms with Crippen LogP contribution in [0.25, 0.3) is 0 Å². The molecule has 2 aliphatic rings. The Labute approximate surface area is 172 Å². The van der Waals surface area contributed by atoms with Crippen LogP contribution in [0.5, 0.6) is 0 Å². The predicted octanol–water partition coefficient (Wildman–Crippen LogP) is 2.11. The van der Waals surface area contributed by atoms with Gasteiger partial charge >= 0.3 is 0 Å². The molecule has 0 saturated carbocycles. The lowest BCUT2D eigenvalue weighted by atomic mass is 9.97. The third kappa shape index (κ3) is 5.56. The maximum atomic E-state index is 12.7. The first-order chi connectivity index (χ1) is 14.0. The summed E-state index contributed by atoms with van der Waals surface area (Å²) in [6.45, 7) is 4.92. The summed E-state index contributed by atoms with van der Waals surface area (Å²) in [5.41, 5.74) is 7.33. The van der Waals surface area contributed by atoms with Gasteiger partial charge < -0.3 is 16.0 Å². The molecule has 0 spiro atoms. The van der Waals surface area contributed by atoms with Crippen molar-refractivity contribution in [1.82, 2.24) is 9.80 Å². The van der Waals surface area contributed by atoms with E-state index < -0.39 is 0 Å². The van der Waals surface area contributed by atoms with Crippen LogP contribution in [-0.4, -0.2) is 53.2 Å². The third-order valence-corrected chi connectivity index (χ3v) is 5.96. The average Bonchev–Trinajstić information content (AvgIpc) is 2.74. The zero-order chi connectivity index (χ0) is 20.8. The summed E-state index contributed by atoms with van der Waals surface area (Å²) >= 11 is 0. The zero-order valence-corrected chi connectivity index (χ0v) is 17.2. The molecule has 0 aromatic heterocycles. The number of nitrogens with one attached hydrogen (secondary N) is 1. The smallest absolute Gasteiger partial charge is 0.247 e. The minimum atomic E-state index is -0.380. The fourth-order valence-electron chi connectivity index (χ4n) is 4.31. The van der Waals surface area contributed by atoms with Gasteiger partial charge in [0.2, 0.25) is 17.7 Å². The second-order valence-corrected chi connectivity index (χ2v) is 8.12. The van der Waals surface area contributed by atoms with Gasteiger partial charge in [0.25, 0.3) is 0 Å². The number of piperidine rings is 2. The molecule has 158 valence electrons.